The summed E-state index contributed by atoms with van der Waals surface area (Å²) in [4.78, 5) is 0. The molecule has 0 amide bonds. The summed E-state index contributed by atoms with van der Waals surface area (Å²) >= 11 is 0. The molecular formula is C9H21NO. The quantitative estimate of drug-likeness (QED) is 0.642. The first-order chi connectivity index (χ1) is 5.20. The van der Waals surface area contributed by atoms with E-state index in [4.69, 9.17) is 10.5 Å². The Balaban J connectivity index is 3.27. The minimum absolute atomic E-state index is 0.307. The second kappa shape index (κ2) is 6.62. The Hall–Kier alpha value is -0.0800. The minimum atomic E-state index is 0.307. The zero-order valence-corrected chi connectivity index (χ0v) is 7.97. The van der Waals surface area contributed by atoms with E-state index in [2.05, 4.69) is 13.8 Å². The van der Waals surface area contributed by atoms with Crippen LogP contribution in [0.4, 0.5) is 0 Å². The maximum atomic E-state index is 5.86. The minimum Gasteiger partial charge on any atom is -0.382 e. The molecule has 0 fully saturated rings. The van der Waals surface area contributed by atoms with Crippen LogP contribution in [-0.2, 0) is 4.74 Å². The van der Waals surface area contributed by atoms with Crippen molar-refractivity contribution in [3.63, 3.8) is 0 Å². The van der Waals surface area contributed by atoms with E-state index in [0.29, 0.717) is 12.1 Å². The Morgan fingerprint density at radius 2 is 2.09 bits per heavy atom. The molecule has 0 rings (SSSR count). The number of nitrogens with two attached hydrogens (primary N) is 1. The molecular weight excluding hydrogens is 138 g/mol. The lowest BCUT2D eigenvalue weighted by atomic mass is 10.1. The maximum absolute atomic E-state index is 5.86. The number of rotatable bonds is 6. The Labute approximate surface area is 70.1 Å². The van der Waals surface area contributed by atoms with Gasteiger partial charge in [-0.3, -0.25) is 0 Å². The molecule has 0 aliphatic rings. The second-order valence-corrected chi connectivity index (χ2v) is 3.18. The van der Waals surface area contributed by atoms with Crippen LogP contribution in [-0.4, -0.2) is 19.3 Å². The van der Waals surface area contributed by atoms with Gasteiger partial charge < -0.3 is 10.5 Å². The van der Waals surface area contributed by atoms with E-state index < -0.39 is 0 Å². The van der Waals surface area contributed by atoms with Gasteiger partial charge in [-0.05, 0) is 19.8 Å². The molecule has 0 aromatic carbocycles. The lowest BCUT2D eigenvalue weighted by Gasteiger charge is -2.15. The van der Waals surface area contributed by atoms with E-state index in [9.17, 15) is 0 Å². The highest BCUT2D eigenvalue weighted by Crippen LogP contribution is 2.05. The van der Waals surface area contributed by atoms with Crippen LogP contribution < -0.4 is 5.73 Å². The highest BCUT2D eigenvalue weighted by atomic mass is 16.5. The molecule has 0 heterocycles. The van der Waals surface area contributed by atoms with E-state index in [0.717, 1.165) is 12.8 Å². The fourth-order valence-electron chi connectivity index (χ4n) is 1.11. The Bertz CT molecular complexity index is 85.6. The van der Waals surface area contributed by atoms with Crippen molar-refractivity contribution in [2.75, 3.05) is 7.11 Å². The largest absolute Gasteiger partial charge is 0.382 e. The van der Waals surface area contributed by atoms with Gasteiger partial charge in [0.1, 0.15) is 0 Å². The van der Waals surface area contributed by atoms with Crippen molar-refractivity contribution in [3.05, 3.63) is 0 Å². The molecule has 68 valence electrons. The fraction of sp³-hybridized carbons (Fsp3) is 1.00. The van der Waals surface area contributed by atoms with E-state index >= 15 is 0 Å². The Morgan fingerprint density at radius 1 is 1.45 bits per heavy atom. The van der Waals surface area contributed by atoms with Crippen molar-refractivity contribution in [2.45, 2.75) is 51.7 Å². The van der Waals surface area contributed by atoms with Crippen LogP contribution in [0.1, 0.15) is 39.5 Å². The summed E-state index contributed by atoms with van der Waals surface area (Å²) in [6.07, 6.45) is 4.88. The van der Waals surface area contributed by atoms with Crippen LogP contribution in [0.3, 0.4) is 0 Å². The molecule has 0 radical (unpaired) electrons. The third kappa shape index (κ3) is 6.32. The molecule has 2 atom stereocenters. The van der Waals surface area contributed by atoms with Crippen LogP contribution in [0.15, 0.2) is 0 Å². The molecule has 2 unspecified atom stereocenters. The molecule has 0 saturated heterocycles. The van der Waals surface area contributed by atoms with E-state index in [1.807, 2.05) is 0 Å². The number of hydrogen-bond donors (Lipinski definition) is 1. The third-order valence-corrected chi connectivity index (χ3v) is 1.97. The number of hydrogen-bond acceptors (Lipinski definition) is 2. The summed E-state index contributed by atoms with van der Waals surface area (Å²) in [5.74, 6) is 0. The highest BCUT2D eigenvalue weighted by Gasteiger charge is 2.06. The Kier molecular flexibility index (Phi) is 6.57. The standard InChI is InChI=1S/C9H21NO/c1-4-5-6-9(10)7-8(2)11-3/h8-9H,4-7,10H2,1-3H3. The first-order valence-electron chi connectivity index (χ1n) is 4.49. The first-order valence-corrected chi connectivity index (χ1v) is 4.49. The molecule has 2 heteroatoms. The number of methoxy groups -OCH3 is 1. The average molecular weight is 159 g/mol. The normalized spacial score (nSPS) is 16.4. The van der Waals surface area contributed by atoms with E-state index in [-0.39, 0.29) is 0 Å². The SMILES string of the molecule is CCCCC(N)CC(C)OC. The van der Waals surface area contributed by atoms with Gasteiger partial charge in [0.15, 0.2) is 0 Å². The predicted octanol–water partition coefficient (Wildman–Crippen LogP) is 1.93. The first kappa shape index (κ1) is 10.9. The van der Waals surface area contributed by atoms with Crippen LogP contribution in [0.5, 0.6) is 0 Å². The smallest absolute Gasteiger partial charge is 0.0558 e. The number of unbranched alkanes of at least 4 members (excludes halogenated alkanes) is 1. The van der Waals surface area contributed by atoms with E-state index in [1.165, 1.54) is 12.8 Å². The topological polar surface area (TPSA) is 35.2 Å². The lowest BCUT2D eigenvalue weighted by molar-refractivity contribution is 0.103. The predicted molar refractivity (Wildman–Crippen MR) is 48.6 cm³/mol. The summed E-state index contributed by atoms with van der Waals surface area (Å²) in [5.41, 5.74) is 5.86. The summed E-state index contributed by atoms with van der Waals surface area (Å²) < 4.78 is 5.12. The molecule has 2 nitrogen and oxygen atoms in total. The van der Waals surface area contributed by atoms with Crippen LogP contribution in [0.2, 0.25) is 0 Å². The van der Waals surface area contributed by atoms with Crippen LogP contribution in [0, 0.1) is 0 Å². The maximum Gasteiger partial charge on any atom is 0.0558 e. The van der Waals surface area contributed by atoms with Gasteiger partial charge in [-0.25, -0.2) is 0 Å². The lowest BCUT2D eigenvalue weighted by Crippen LogP contribution is -2.25. The van der Waals surface area contributed by atoms with Crippen LogP contribution in [0.25, 0.3) is 0 Å². The summed E-state index contributed by atoms with van der Waals surface area (Å²) in [6.45, 7) is 4.25. The summed E-state index contributed by atoms with van der Waals surface area (Å²) in [5, 5.41) is 0. The average Bonchev–Trinajstić information content (AvgIpc) is 2.00. The number of ether oxygens (including phenoxy) is 1. The van der Waals surface area contributed by atoms with Crippen molar-refractivity contribution >= 4 is 0 Å². The van der Waals surface area contributed by atoms with Gasteiger partial charge in [0, 0.05) is 13.2 Å². The molecule has 2 N–H and O–H groups in total. The molecule has 0 bridgehead atoms. The second-order valence-electron chi connectivity index (χ2n) is 3.18. The molecule has 11 heavy (non-hydrogen) atoms. The summed E-state index contributed by atoms with van der Waals surface area (Å²) in [7, 11) is 1.73. The monoisotopic (exact) mass is 159 g/mol. The molecule has 0 aromatic rings. The zero-order valence-electron chi connectivity index (χ0n) is 7.97. The fourth-order valence-corrected chi connectivity index (χ4v) is 1.11. The Morgan fingerprint density at radius 3 is 2.55 bits per heavy atom. The third-order valence-electron chi connectivity index (χ3n) is 1.97. The molecule has 0 aliphatic heterocycles. The van der Waals surface area contributed by atoms with Gasteiger partial charge >= 0.3 is 0 Å². The van der Waals surface area contributed by atoms with Crippen molar-refractivity contribution in [1.29, 1.82) is 0 Å². The van der Waals surface area contributed by atoms with Gasteiger partial charge in [0.25, 0.3) is 0 Å². The van der Waals surface area contributed by atoms with Gasteiger partial charge in [-0.2, -0.15) is 0 Å². The van der Waals surface area contributed by atoms with Crippen molar-refractivity contribution in [3.8, 4) is 0 Å². The van der Waals surface area contributed by atoms with Gasteiger partial charge in [-0.15, -0.1) is 0 Å². The molecule has 0 saturated carbocycles. The summed E-state index contributed by atoms with van der Waals surface area (Å²) in [6, 6.07) is 0.324. The van der Waals surface area contributed by atoms with Crippen molar-refractivity contribution in [2.24, 2.45) is 5.73 Å². The van der Waals surface area contributed by atoms with Gasteiger partial charge in [0.2, 0.25) is 0 Å². The molecule has 0 spiro atoms. The van der Waals surface area contributed by atoms with Crippen LogP contribution >= 0.6 is 0 Å². The van der Waals surface area contributed by atoms with Crippen molar-refractivity contribution < 1.29 is 4.74 Å². The molecule has 0 aliphatic carbocycles. The van der Waals surface area contributed by atoms with E-state index in [1.54, 1.807) is 7.11 Å². The van der Waals surface area contributed by atoms with Gasteiger partial charge in [0.05, 0.1) is 6.10 Å². The van der Waals surface area contributed by atoms with Gasteiger partial charge in [-0.1, -0.05) is 19.8 Å². The highest BCUT2D eigenvalue weighted by molar-refractivity contribution is 4.64. The zero-order chi connectivity index (χ0) is 8.69. The molecule has 0 aromatic heterocycles. The van der Waals surface area contributed by atoms with Crippen molar-refractivity contribution in [1.82, 2.24) is 0 Å².